The summed E-state index contributed by atoms with van der Waals surface area (Å²) < 4.78 is 1.57. The van der Waals surface area contributed by atoms with E-state index in [0.717, 1.165) is 24.8 Å². The zero-order chi connectivity index (χ0) is 21.1. The van der Waals surface area contributed by atoms with Crippen molar-refractivity contribution in [3.8, 4) is 0 Å². The molecule has 0 saturated carbocycles. The lowest BCUT2D eigenvalue weighted by molar-refractivity contribution is -0.154. The van der Waals surface area contributed by atoms with Crippen LogP contribution in [0.25, 0.3) is 0 Å². The van der Waals surface area contributed by atoms with Gasteiger partial charge in [0.1, 0.15) is 0 Å². The zero-order valence-corrected chi connectivity index (χ0v) is 16.6. The molecule has 2 amide bonds. The number of hydroxylamine groups is 2. The maximum absolute atomic E-state index is 12.4. The minimum absolute atomic E-state index is 0.0839. The highest BCUT2D eigenvalue weighted by Crippen LogP contribution is 2.12. The van der Waals surface area contributed by atoms with Crippen LogP contribution in [0.15, 0.2) is 53.5 Å². The molecule has 2 aromatic rings. The molecule has 1 aromatic carbocycles. The molecule has 1 atom stereocenters. The number of hydrogen-bond acceptors (Lipinski definition) is 5. The lowest BCUT2D eigenvalue weighted by atomic mass is 10.0. The second-order valence-electron chi connectivity index (χ2n) is 6.90. The third kappa shape index (κ3) is 7.42. The van der Waals surface area contributed by atoms with Crippen LogP contribution in [0.3, 0.4) is 0 Å². The van der Waals surface area contributed by atoms with Gasteiger partial charge in [-0.2, -0.15) is 0 Å². The van der Waals surface area contributed by atoms with E-state index in [1.807, 2.05) is 30.3 Å². The van der Waals surface area contributed by atoms with Crippen molar-refractivity contribution in [2.45, 2.75) is 39.2 Å². The molecule has 3 N–H and O–H groups in total. The zero-order valence-electron chi connectivity index (χ0n) is 16.6. The van der Waals surface area contributed by atoms with E-state index in [-0.39, 0.29) is 24.4 Å². The number of aromatic nitrogens is 1. The smallest absolute Gasteiger partial charge is 0.252 e. The molecule has 0 spiro atoms. The van der Waals surface area contributed by atoms with Crippen LogP contribution in [-0.2, 0) is 16.1 Å². The van der Waals surface area contributed by atoms with Crippen molar-refractivity contribution in [3.63, 3.8) is 0 Å². The number of hydrazine groups is 1. The van der Waals surface area contributed by atoms with Crippen molar-refractivity contribution in [2.24, 2.45) is 5.92 Å². The predicted molar refractivity (Wildman–Crippen MR) is 110 cm³/mol. The molecule has 0 saturated heterocycles. The monoisotopic (exact) mass is 400 g/mol. The average molecular weight is 400 g/mol. The molecule has 1 aromatic heterocycles. The van der Waals surface area contributed by atoms with Gasteiger partial charge in [0.25, 0.3) is 5.56 Å². The number of anilines is 1. The Bertz CT molecular complexity index is 838. The van der Waals surface area contributed by atoms with Crippen LogP contribution in [0.2, 0.25) is 0 Å². The van der Waals surface area contributed by atoms with Gasteiger partial charge < -0.3 is 4.57 Å². The first-order valence-corrected chi connectivity index (χ1v) is 9.74. The van der Waals surface area contributed by atoms with E-state index in [2.05, 4.69) is 17.8 Å². The highest BCUT2D eigenvalue weighted by Gasteiger charge is 2.20. The fourth-order valence-electron chi connectivity index (χ4n) is 2.95. The number of pyridine rings is 1. The van der Waals surface area contributed by atoms with Crippen LogP contribution in [-0.4, -0.2) is 33.7 Å². The SMILES string of the molecule is CCCCCC(CN(O)C=O)C(=O)NNc1ccn(Cc2ccccc2)c(=O)c1. The summed E-state index contributed by atoms with van der Waals surface area (Å²) >= 11 is 0. The Labute approximate surface area is 170 Å². The molecule has 29 heavy (non-hydrogen) atoms. The molecule has 0 aliphatic heterocycles. The van der Waals surface area contributed by atoms with Gasteiger partial charge >= 0.3 is 0 Å². The van der Waals surface area contributed by atoms with E-state index in [1.165, 1.54) is 6.07 Å². The van der Waals surface area contributed by atoms with Crippen LogP contribution < -0.4 is 16.4 Å². The Morgan fingerprint density at radius 1 is 1.24 bits per heavy atom. The molecule has 156 valence electrons. The topological polar surface area (TPSA) is 104 Å². The van der Waals surface area contributed by atoms with Crippen molar-refractivity contribution in [1.82, 2.24) is 15.1 Å². The van der Waals surface area contributed by atoms with Crippen LogP contribution in [0.1, 0.15) is 38.2 Å². The highest BCUT2D eigenvalue weighted by molar-refractivity contribution is 5.80. The summed E-state index contributed by atoms with van der Waals surface area (Å²) in [6, 6.07) is 12.7. The molecule has 1 unspecified atom stereocenters. The second-order valence-corrected chi connectivity index (χ2v) is 6.90. The molecule has 0 fully saturated rings. The first-order chi connectivity index (χ1) is 14.0. The van der Waals surface area contributed by atoms with Crippen LogP contribution in [0.4, 0.5) is 5.69 Å². The highest BCUT2D eigenvalue weighted by atomic mass is 16.5. The maximum atomic E-state index is 12.4. The maximum Gasteiger partial charge on any atom is 0.252 e. The summed E-state index contributed by atoms with van der Waals surface area (Å²) in [4.78, 5) is 35.4. The van der Waals surface area contributed by atoms with Gasteiger partial charge in [0.2, 0.25) is 12.3 Å². The Kier molecular flexibility index (Phi) is 8.91. The largest absolute Gasteiger partial charge is 0.311 e. The molecule has 0 radical (unpaired) electrons. The minimum Gasteiger partial charge on any atom is -0.311 e. The molecule has 0 aliphatic rings. The van der Waals surface area contributed by atoms with E-state index < -0.39 is 5.92 Å². The Morgan fingerprint density at radius 2 is 2.00 bits per heavy atom. The minimum atomic E-state index is -0.553. The number of hydrogen-bond donors (Lipinski definition) is 3. The van der Waals surface area contributed by atoms with Gasteiger partial charge in [-0.3, -0.25) is 30.4 Å². The molecule has 8 nitrogen and oxygen atoms in total. The standard InChI is InChI=1S/C21H28N4O4/c1-2-3-5-10-18(15-25(29)16-26)21(28)23-22-19-11-12-24(20(27)13-19)14-17-8-6-4-7-9-17/h4,6-9,11-13,16,18,22,29H,2-3,5,10,14-15H2,1H3,(H,23,28). The first kappa shape index (κ1) is 22.2. The van der Waals surface area contributed by atoms with Crippen molar-refractivity contribution in [3.05, 3.63) is 64.6 Å². The van der Waals surface area contributed by atoms with Gasteiger partial charge in [-0.15, -0.1) is 0 Å². The summed E-state index contributed by atoms with van der Waals surface area (Å²) in [5, 5.41) is 9.90. The molecule has 0 bridgehead atoms. The van der Waals surface area contributed by atoms with Crippen LogP contribution in [0, 0.1) is 5.92 Å². The number of carbonyl (C=O) groups excluding carboxylic acids is 2. The van der Waals surface area contributed by atoms with Gasteiger partial charge in [-0.25, -0.2) is 5.06 Å². The van der Waals surface area contributed by atoms with Gasteiger partial charge in [0.15, 0.2) is 0 Å². The van der Waals surface area contributed by atoms with E-state index in [9.17, 15) is 19.6 Å². The second kappa shape index (κ2) is 11.7. The summed E-state index contributed by atoms with van der Waals surface area (Å²) in [6.07, 6.45) is 5.26. The number of nitrogens with zero attached hydrogens (tertiary/aromatic N) is 2. The van der Waals surface area contributed by atoms with Gasteiger partial charge in [-0.05, 0) is 18.1 Å². The van der Waals surface area contributed by atoms with Crippen molar-refractivity contribution >= 4 is 18.0 Å². The first-order valence-electron chi connectivity index (χ1n) is 9.74. The number of nitrogens with one attached hydrogen (secondary N) is 2. The Morgan fingerprint density at radius 3 is 2.66 bits per heavy atom. The Balaban J connectivity index is 1.95. The van der Waals surface area contributed by atoms with Crippen LogP contribution in [0.5, 0.6) is 0 Å². The van der Waals surface area contributed by atoms with E-state index in [4.69, 9.17) is 0 Å². The van der Waals surface area contributed by atoms with Crippen LogP contribution >= 0.6 is 0 Å². The Hall–Kier alpha value is -3.13. The third-order valence-electron chi connectivity index (χ3n) is 4.58. The van der Waals surface area contributed by atoms with E-state index in [1.54, 1.807) is 16.8 Å². The molecule has 0 aliphatic carbocycles. The predicted octanol–water partition coefficient (Wildman–Crippen LogP) is 2.38. The summed E-state index contributed by atoms with van der Waals surface area (Å²) in [6.45, 7) is 2.43. The van der Waals surface area contributed by atoms with Crippen molar-refractivity contribution < 1.29 is 14.8 Å². The van der Waals surface area contributed by atoms with E-state index >= 15 is 0 Å². The summed E-state index contributed by atoms with van der Waals surface area (Å²) in [5.74, 6) is -0.904. The van der Waals surface area contributed by atoms with Gasteiger partial charge in [0, 0.05) is 12.3 Å². The number of amides is 2. The number of rotatable bonds is 12. The summed E-state index contributed by atoms with van der Waals surface area (Å²) in [5.41, 5.74) is 6.57. The molecular formula is C21H28N4O4. The molecule has 8 heteroatoms. The molecule has 2 rings (SSSR count). The lowest BCUT2D eigenvalue weighted by Crippen LogP contribution is -2.40. The fourth-order valence-corrected chi connectivity index (χ4v) is 2.95. The van der Waals surface area contributed by atoms with Gasteiger partial charge in [-0.1, -0.05) is 56.5 Å². The van der Waals surface area contributed by atoms with Crippen molar-refractivity contribution in [1.29, 1.82) is 0 Å². The average Bonchev–Trinajstić information content (AvgIpc) is 2.73. The number of carbonyl (C=O) groups is 2. The molecule has 1 heterocycles. The fraction of sp³-hybridized carbons (Fsp3) is 0.381. The third-order valence-corrected chi connectivity index (χ3v) is 4.58. The van der Waals surface area contributed by atoms with Crippen molar-refractivity contribution in [2.75, 3.05) is 12.0 Å². The lowest BCUT2D eigenvalue weighted by Gasteiger charge is -2.20. The number of benzene rings is 1. The van der Waals surface area contributed by atoms with Gasteiger partial charge in [0.05, 0.1) is 24.7 Å². The summed E-state index contributed by atoms with van der Waals surface area (Å²) in [7, 11) is 0. The normalized spacial score (nSPS) is 11.5. The van der Waals surface area contributed by atoms with E-state index in [0.29, 0.717) is 23.7 Å². The quantitative estimate of drug-likeness (QED) is 0.220. The molecular weight excluding hydrogens is 372 g/mol. The number of unbranched alkanes of at least 4 members (excludes halogenated alkanes) is 2.